The number of anilines is 1. The molecule has 0 bridgehead atoms. The summed E-state index contributed by atoms with van der Waals surface area (Å²) in [5.41, 5.74) is 0.993. The van der Waals surface area contributed by atoms with Crippen LogP contribution in [0.5, 0.6) is 0 Å². The summed E-state index contributed by atoms with van der Waals surface area (Å²) < 4.78 is 1.81. The van der Waals surface area contributed by atoms with Gasteiger partial charge in [-0.25, -0.2) is 9.50 Å². The molecule has 2 heterocycles. The van der Waals surface area contributed by atoms with Crippen LogP contribution in [-0.2, 0) is 0 Å². The summed E-state index contributed by atoms with van der Waals surface area (Å²) in [7, 11) is 0. The lowest BCUT2D eigenvalue weighted by atomic mass is 10.0. The third kappa shape index (κ3) is 2.69. The molecule has 2 aromatic rings. The van der Waals surface area contributed by atoms with Gasteiger partial charge in [-0.05, 0) is 18.4 Å². The van der Waals surface area contributed by atoms with Gasteiger partial charge >= 0.3 is 0 Å². The molecule has 1 unspecified atom stereocenters. The number of nitrogens with zero attached hydrogens (tertiary/aromatic N) is 3. The van der Waals surface area contributed by atoms with Gasteiger partial charge in [0, 0.05) is 24.3 Å². The fourth-order valence-corrected chi connectivity index (χ4v) is 2.07. The highest BCUT2D eigenvalue weighted by molar-refractivity contribution is 6.17. The number of rotatable bonds is 5. The second-order valence-corrected chi connectivity index (χ2v) is 4.79. The summed E-state index contributed by atoms with van der Waals surface area (Å²) in [6, 6.07) is 2.29. The fourth-order valence-electron chi connectivity index (χ4n) is 1.83. The highest BCUT2D eigenvalue weighted by Gasteiger charge is 2.14. The largest absolute Gasteiger partial charge is 0.365 e. The van der Waals surface area contributed by atoms with Crippen molar-refractivity contribution >= 4 is 22.9 Å². The highest BCUT2D eigenvalue weighted by atomic mass is 35.5. The van der Waals surface area contributed by atoms with Crippen LogP contribution in [-0.4, -0.2) is 26.5 Å². The normalized spacial score (nSPS) is 13.2. The first-order valence-corrected chi connectivity index (χ1v) is 6.36. The number of hydrogen-bond donors (Lipinski definition) is 1. The molecule has 1 N–H and O–H groups in total. The number of halogens is 1. The van der Waals surface area contributed by atoms with Crippen LogP contribution in [0.3, 0.4) is 0 Å². The van der Waals surface area contributed by atoms with Gasteiger partial charge in [0.05, 0.1) is 6.20 Å². The Balaban J connectivity index is 2.24. The first-order valence-electron chi connectivity index (χ1n) is 5.83. The molecule has 0 aliphatic rings. The van der Waals surface area contributed by atoms with Crippen LogP contribution >= 0.6 is 11.6 Å². The molecule has 0 aliphatic heterocycles. The van der Waals surface area contributed by atoms with Crippen LogP contribution in [0.15, 0.2) is 24.7 Å². The smallest absolute Gasteiger partial charge is 0.152 e. The molecule has 0 radical (unpaired) electrons. The summed E-state index contributed by atoms with van der Waals surface area (Å²) in [6.07, 6.45) is 6.29. The van der Waals surface area contributed by atoms with Crippen LogP contribution in [0.2, 0.25) is 0 Å². The number of hydrogen-bond acceptors (Lipinski definition) is 3. The number of nitrogens with one attached hydrogen (secondary N) is 1. The average Bonchev–Trinajstić information content (AvgIpc) is 2.77. The van der Waals surface area contributed by atoms with Gasteiger partial charge in [0.2, 0.25) is 0 Å². The Bertz CT molecular complexity index is 480. The second kappa shape index (κ2) is 5.36. The van der Waals surface area contributed by atoms with Crippen molar-refractivity contribution in [3.63, 3.8) is 0 Å². The molecule has 0 saturated heterocycles. The third-order valence-electron chi connectivity index (χ3n) is 2.87. The Hall–Kier alpha value is -1.29. The molecule has 17 heavy (non-hydrogen) atoms. The summed E-state index contributed by atoms with van der Waals surface area (Å²) >= 11 is 5.83. The molecule has 1 atom stereocenters. The lowest BCUT2D eigenvalue weighted by Gasteiger charge is -2.22. The second-order valence-electron chi connectivity index (χ2n) is 4.41. The Morgan fingerprint density at radius 2 is 2.24 bits per heavy atom. The third-order valence-corrected chi connectivity index (χ3v) is 3.09. The quantitative estimate of drug-likeness (QED) is 0.832. The van der Waals surface area contributed by atoms with Crippen LogP contribution in [0, 0.1) is 5.92 Å². The van der Waals surface area contributed by atoms with Crippen LogP contribution < -0.4 is 5.32 Å². The molecule has 0 spiro atoms. The molecule has 2 rings (SSSR count). The van der Waals surface area contributed by atoms with Gasteiger partial charge in [-0.3, -0.25) is 0 Å². The van der Waals surface area contributed by atoms with E-state index in [0.717, 1.165) is 17.8 Å². The minimum absolute atomic E-state index is 0.334. The van der Waals surface area contributed by atoms with Crippen LogP contribution in [0.25, 0.3) is 5.52 Å². The van der Waals surface area contributed by atoms with Crippen molar-refractivity contribution in [3.8, 4) is 0 Å². The summed E-state index contributed by atoms with van der Waals surface area (Å²) in [6.45, 7) is 4.36. The Kier molecular flexibility index (Phi) is 3.84. The zero-order chi connectivity index (χ0) is 12.3. The van der Waals surface area contributed by atoms with Gasteiger partial charge in [-0.2, -0.15) is 5.10 Å². The predicted molar refractivity (Wildman–Crippen MR) is 70.6 cm³/mol. The monoisotopic (exact) mass is 252 g/mol. The van der Waals surface area contributed by atoms with E-state index in [-0.39, 0.29) is 0 Å². The summed E-state index contributed by atoms with van der Waals surface area (Å²) in [5, 5.41) is 7.64. The van der Waals surface area contributed by atoms with Gasteiger partial charge in [0.25, 0.3) is 0 Å². The molecule has 4 nitrogen and oxygen atoms in total. The van der Waals surface area contributed by atoms with E-state index >= 15 is 0 Å². The van der Waals surface area contributed by atoms with E-state index in [1.165, 1.54) is 0 Å². The van der Waals surface area contributed by atoms with Crippen molar-refractivity contribution in [1.29, 1.82) is 0 Å². The first-order chi connectivity index (χ1) is 8.22. The zero-order valence-corrected chi connectivity index (χ0v) is 10.9. The standard InChI is InChI=1S/C12H17ClN4/c1-9(2)10(3-5-13)16-12-11-4-6-15-17(11)8-7-14-12/h4,6-10H,3,5H2,1-2H3,(H,14,16). The van der Waals surface area contributed by atoms with Gasteiger partial charge in [0.15, 0.2) is 5.82 Å². The SMILES string of the molecule is CC(C)C(CCCl)Nc1nccn2nccc12. The van der Waals surface area contributed by atoms with E-state index in [1.807, 2.05) is 16.8 Å². The molecule has 2 aromatic heterocycles. The Morgan fingerprint density at radius 3 is 2.94 bits per heavy atom. The van der Waals surface area contributed by atoms with E-state index in [4.69, 9.17) is 11.6 Å². The van der Waals surface area contributed by atoms with Gasteiger partial charge in [-0.1, -0.05) is 13.8 Å². The average molecular weight is 253 g/mol. The first kappa shape index (κ1) is 12.2. The van der Waals surface area contributed by atoms with Crippen molar-refractivity contribution < 1.29 is 0 Å². The minimum Gasteiger partial charge on any atom is -0.365 e. The molecule has 5 heteroatoms. The molecule has 0 aromatic carbocycles. The van der Waals surface area contributed by atoms with E-state index in [9.17, 15) is 0 Å². The zero-order valence-electron chi connectivity index (χ0n) is 10.1. The van der Waals surface area contributed by atoms with E-state index < -0.39 is 0 Å². The maximum absolute atomic E-state index is 5.83. The topological polar surface area (TPSA) is 42.2 Å². The minimum atomic E-state index is 0.334. The summed E-state index contributed by atoms with van der Waals surface area (Å²) in [4.78, 5) is 4.37. The van der Waals surface area contributed by atoms with Crippen molar-refractivity contribution in [1.82, 2.24) is 14.6 Å². The molecule has 0 saturated carbocycles. The maximum Gasteiger partial charge on any atom is 0.152 e. The van der Waals surface area contributed by atoms with E-state index in [1.54, 1.807) is 12.4 Å². The van der Waals surface area contributed by atoms with Crippen LogP contribution in [0.1, 0.15) is 20.3 Å². The number of alkyl halides is 1. The van der Waals surface area contributed by atoms with Gasteiger partial charge in [-0.15, -0.1) is 11.6 Å². The van der Waals surface area contributed by atoms with Crippen molar-refractivity contribution in [3.05, 3.63) is 24.7 Å². The molecule has 0 amide bonds. The summed E-state index contributed by atoms with van der Waals surface area (Å²) in [5.74, 6) is 2.03. The molecule has 0 fully saturated rings. The molecule has 0 aliphatic carbocycles. The van der Waals surface area contributed by atoms with Crippen LogP contribution in [0.4, 0.5) is 5.82 Å². The van der Waals surface area contributed by atoms with Gasteiger partial charge < -0.3 is 5.32 Å². The van der Waals surface area contributed by atoms with Crippen molar-refractivity contribution in [2.75, 3.05) is 11.2 Å². The Morgan fingerprint density at radius 1 is 1.41 bits per heavy atom. The van der Waals surface area contributed by atoms with Crippen molar-refractivity contribution in [2.24, 2.45) is 5.92 Å². The molecular formula is C12H17ClN4. The lowest BCUT2D eigenvalue weighted by Crippen LogP contribution is -2.26. The molecule has 92 valence electrons. The van der Waals surface area contributed by atoms with E-state index in [2.05, 4.69) is 29.2 Å². The maximum atomic E-state index is 5.83. The fraction of sp³-hybridized carbons (Fsp3) is 0.500. The number of aromatic nitrogens is 3. The Labute approximate surface area is 106 Å². The molecular weight excluding hydrogens is 236 g/mol. The van der Waals surface area contributed by atoms with Gasteiger partial charge in [0.1, 0.15) is 5.52 Å². The number of fused-ring (bicyclic) bond motifs is 1. The van der Waals surface area contributed by atoms with Crippen molar-refractivity contribution in [2.45, 2.75) is 26.3 Å². The lowest BCUT2D eigenvalue weighted by molar-refractivity contribution is 0.512. The predicted octanol–water partition coefficient (Wildman–Crippen LogP) is 2.79. The highest BCUT2D eigenvalue weighted by Crippen LogP contribution is 2.18. The van der Waals surface area contributed by atoms with E-state index in [0.29, 0.717) is 17.8 Å².